The van der Waals surface area contributed by atoms with Gasteiger partial charge in [0.2, 0.25) is 0 Å². The first-order valence-corrected chi connectivity index (χ1v) is 23.3. The van der Waals surface area contributed by atoms with Crippen molar-refractivity contribution in [2.24, 2.45) is 0 Å². The van der Waals surface area contributed by atoms with E-state index in [-0.39, 0.29) is 12.8 Å². The van der Waals surface area contributed by atoms with Crippen LogP contribution in [0.4, 0.5) is 0 Å². The third-order valence-corrected chi connectivity index (χ3v) is 10.7. The van der Waals surface area contributed by atoms with Crippen LogP contribution in [0, 0.1) is 0 Å². The molecule has 0 amide bonds. The highest BCUT2D eigenvalue weighted by Crippen LogP contribution is 2.45. The molecule has 0 aliphatic heterocycles. The van der Waals surface area contributed by atoms with E-state index in [1.165, 1.54) is 116 Å². The van der Waals surface area contributed by atoms with Crippen LogP contribution in [0.15, 0.2) is 12.2 Å². The highest BCUT2D eigenvalue weighted by Gasteiger charge is 2.35. The summed E-state index contributed by atoms with van der Waals surface area (Å²) in [6, 6.07) is 0. The van der Waals surface area contributed by atoms with E-state index in [1.54, 1.807) is 0 Å². The van der Waals surface area contributed by atoms with Crippen LogP contribution in [-0.2, 0) is 32.7 Å². The van der Waals surface area contributed by atoms with Crippen molar-refractivity contribution < 1.29 is 58.0 Å². The molecule has 0 bridgehead atoms. The molecule has 55 heavy (non-hydrogen) atoms. The average Bonchev–Trinajstić information content (AvgIpc) is 3.17. The van der Waals surface area contributed by atoms with Gasteiger partial charge in [0.25, 0.3) is 0 Å². The Morgan fingerprint density at radius 2 is 1.00 bits per heavy atom. The maximum atomic E-state index is 12.7. The quantitative estimate of drug-likeness (QED) is 0.0171. The molecular weight excluding hydrogens is 727 g/mol. The highest BCUT2D eigenvalue weighted by molar-refractivity contribution is 7.47. The molecule has 0 aliphatic rings. The lowest BCUT2D eigenvalue weighted by Gasteiger charge is -2.26. The SMILES string of the molecule is CCCCCCCCC/C=C\CCCCC(=O)O[C@H](COC(=O)CCCCCCCCCCCCCCCCC)COP(=O)(O)O[C@H](CO)[C@@H](O)[C@H](O)CO. The number of carbonyl (C=O) groups is 2. The molecule has 0 aliphatic carbocycles. The van der Waals surface area contributed by atoms with Crippen molar-refractivity contribution in [3.8, 4) is 0 Å². The number of rotatable bonds is 41. The number of hydrogen-bond donors (Lipinski definition) is 5. The molecule has 0 radical (unpaired) electrons. The predicted octanol–water partition coefficient (Wildman–Crippen LogP) is 9.17. The van der Waals surface area contributed by atoms with Crippen LogP contribution in [0.25, 0.3) is 0 Å². The lowest BCUT2D eigenvalue weighted by molar-refractivity contribution is -0.161. The fraction of sp³-hybridized carbons (Fsp3) is 0.905. The van der Waals surface area contributed by atoms with Gasteiger partial charge >= 0.3 is 19.8 Å². The molecular formula is C42H81O12P. The number of ether oxygens (including phenoxy) is 2. The van der Waals surface area contributed by atoms with Crippen LogP contribution in [0.1, 0.15) is 194 Å². The molecule has 326 valence electrons. The number of aliphatic hydroxyl groups excluding tert-OH is 4. The molecule has 0 saturated carbocycles. The van der Waals surface area contributed by atoms with E-state index in [1.807, 2.05) is 0 Å². The monoisotopic (exact) mass is 809 g/mol. The fourth-order valence-electron chi connectivity index (χ4n) is 6.18. The zero-order valence-electron chi connectivity index (χ0n) is 34.6. The van der Waals surface area contributed by atoms with Crippen molar-refractivity contribution in [1.82, 2.24) is 0 Å². The Labute approximate surface area is 333 Å². The summed E-state index contributed by atoms with van der Waals surface area (Å²) in [7, 11) is -4.96. The van der Waals surface area contributed by atoms with Crippen molar-refractivity contribution in [2.45, 2.75) is 218 Å². The Morgan fingerprint density at radius 1 is 0.582 bits per heavy atom. The van der Waals surface area contributed by atoms with Gasteiger partial charge in [-0.05, 0) is 38.5 Å². The fourth-order valence-corrected chi connectivity index (χ4v) is 7.13. The van der Waals surface area contributed by atoms with Crippen molar-refractivity contribution >= 4 is 19.8 Å². The molecule has 0 rings (SSSR count). The van der Waals surface area contributed by atoms with Crippen LogP contribution in [0.5, 0.6) is 0 Å². The smallest absolute Gasteiger partial charge is 0.462 e. The number of hydrogen-bond acceptors (Lipinski definition) is 11. The van der Waals surface area contributed by atoms with Crippen LogP contribution < -0.4 is 0 Å². The van der Waals surface area contributed by atoms with Crippen LogP contribution in [0.3, 0.4) is 0 Å². The van der Waals surface area contributed by atoms with E-state index in [4.69, 9.17) is 23.6 Å². The van der Waals surface area contributed by atoms with Crippen molar-refractivity contribution in [1.29, 1.82) is 0 Å². The van der Waals surface area contributed by atoms with Gasteiger partial charge in [-0.25, -0.2) is 4.57 Å². The molecule has 0 heterocycles. The Bertz CT molecular complexity index is 965. The van der Waals surface area contributed by atoms with Gasteiger partial charge in [0.15, 0.2) is 6.10 Å². The average molecular weight is 809 g/mol. The predicted molar refractivity (Wildman–Crippen MR) is 217 cm³/mol. The topological polar surface area (TPSA) is 189 Å². The number of phosphoric ester groups is 1. The maximum absolute atomic E-state index is 12.7. The Morgan fingerprint density at radius 3 is 1.47 bits per heavy atom. The summed E-state index contributed by atoms with van der Waals surface area (Å²) < 4.78 is 33.2. The molecule has 0 aromatic carbocycles. The molecule has 13 heteroatoms. The second-order valence-electron chi connectivity index (χ2n) is 15.0. The van der Waals surface area contributed by atoms with E-state index in [9.17, 15) is 34.4 Å². The van der Waals surface area contributed by atoms with E-state index >= 15 is 0 Å². The van der Waals surface area contributed by atoms with Gasteiger partial charge in [-0.2, -0.15) is 0 Å². The second-order valence-corrected chi connectivity index (χ2v) is 16.4. The van der Waals surface area contributed by atoms with E-state index in [2.05, 4.69) is 26.0 Å². The Balaban J connectivity index is 4.62. The number of allylic oxidation sites excluding steroid dienone is 2. The summed E-state index contributed by atoms with van der Waals surface area (Å²) in [5.41, 5.74) is 0. The van der Waals surface area contributed by atoms with E-state index in [0.717, 1.165) is 38.5 Å². The minimum Gasteiger partial charge on any atom is -0.462 e. The Kier molecular flexibility index (Phi) is 37.2. The van der Waals surface area contributed by atoms with Gasteiger partial charge in [-0.1, -0.05) is 154 Å². The first-order chi connectivity index (χ1) is 26.6. The number of carbonyl (C=O) groups excluding carboxylic acids is 2. The van der Waals surface area contributed by atoms with Crippen LogP contribution in [-0.4, -0.2) is 88.1 Å². The molecule has 5 atom stereocenters. The largest absolute Gasteiger partial charge is 0.472 e. The maximum Gasteiger partial charge on any atom is 0.472 e. The van der Waals surface area contributed by atoms with Crippen molar-refractivity contribution in [3.05, 3.63) is 12.2 Å². The Hall–Kier alpha value is -1.37. The summed E-state index contributed by atoms with van der Waals surface area (Å²) in [6.07, 6.45) is 28.3. The number of aliphatic hydroxyl groups is 4. The number of unbranched alkanes of at least 4 members (excludes halogenated alkanes) is 23. The zero-order chi connectivity index (χ0) is 40.8. The molecule has 0 fully saturated rings. The third-order valence-electron chi connectivity index (χ3n) is 9.69. The van der Waals surface area contributed by atoms with Crippen LogP contribution in [0.2, 0.25) is 0 Å². The number of esters is 2. The van der Waals surface area contributed by atoms with Gasteiger partial charge in [-0.15, -0.1) is 0 Å². The minimum absolute atomic E-state index is 0.0975. The molecule has 0 spiro atoms. The molecule has 5 N–H and O–H groups in total. The van der Waals surface area contributed by atoms with Gasteiger partial charge < -0.3 is 34.8 Å². The third kappa shape index (κ3) is 34.4. The standard InChI is InChI=1S/C42H81O12P/c1-3-5-7-9-11-13-15-17-18-20-21-23-25-27-29-31-40(46)51-35-37(36-52-55(49,50)54-39(34-44)42(48)38(45)33-43)53-41(47)32-30-28-26-24-22-19-16-14-12-10-8-6-4-2/h22,24,37-39,42-45,48H,3-21,23,25-36H2,1-2H3,(H,49,50)/b24-22-/t37-,38-,39-,42+/m1/s1. The summed E-state index contributed by atoms with van der Waals surface area (Å²) in [4.78, 5) is 35.4. The zero-order valence-corrected chi connectivity index (χ0v) is 35.5. The second kappa shape index (κ2) is 38.2. The molecule has 0 saturated heterocycles. The lowest BCUT2D eigenvalue weighted by atomic mass is 10.0. The van der Waals surface area contributed by atoms with Crippen molar-refractivity contribution in [2.75, 3.05) is 26.4 Å². The van der Waals surface area contributed by atoms with Gasteiger partial charge in [-0.3, -0.25) is 18.6 Å². The molecule has 0 aromatic heterocycles. The molecule has 0 aromatic rings. The normalized spacial score (nSPS) is 15.1. The van der Waals surface area contributed by atoms with Crippen LogP contribution >= 0.6 is 7.82 Å². The van der Waals surface area contributed by atoms with Gasteiger partial charge in [0, 0.05) is 12.8 Å². The minimum atomic E-state index is -4.96. The summed E-state index contributed by atoms with van der Waals surface area (Å²) in [5.74, 6) is -1.06. The number of phosphoric acid groups is 1. The summed E-state index contributed by atoms with van der Waals surface area (Å²) in [5, 5.41) is 38.1. The van der Waals surface area contributed by atoms with Crippen molar-refractivity contribution in [3.63, 3.8) is 0 Å². The first kappa shape index (κ1) is 53.6. The first-order valence-electron chi connectivity index (χ1n) is 21.8. The van der Waals surface area contributed by atoms with Gasteiger partial charge in [0.1, 0.15) is 24.9 Å². The summed E-state index contributed by atoms with van der Waals surface area (Å²) >= 11 is 0. The van der Waals surface area contributed by atoms with E-state index < -0.39 is 70.6 Å². The molecule has 12 nitrogen and oxygen atoms in total. The highest BCUT2D eigenvalue weighted by atomic mass is 31.2. The van der Waals surface area contributed by atoms with E-state index in [0.29, 0.717) is 12.8 Å². The molecule has 1 unspecified atom stereocenters. The summed E-state index contributed by atoms with van der Waals surface area (Å²) in [6.45, 7) is 1.54. The van der Waals surface area contributed by atoms with Gasteiger partial charge in [0.05, 0.1) is 19.8 Å². The lowest BCUT2D eigenvalue weighted by Crippen LogP contribution is -2.42.